The second-order valence-electron chi connectivity index (χ2n) is 8.95. The van der Waals surface area contributed by atoms with Crippen molar-refractivity contribution in [1.82, 2.24) is 19.7 Å². The van der Waals surface area contributed by atoms with E-state index in [0.29, 0.717) is 17.3 Å². The van der Waals surface area contributed by atoms with E-state index in [1.807, 2.05) is 36.1 Å². The van der Waals surface area contributed by atoms with Crippen LogP contribution in [0.5, 0.6) is 0 Å². The molecule has 2 fully saturated rings. The van der Waals surface area contributed by atoms with E-state index in [0.717, 1.165) is 30.6 Å². The van der Waals surface area contributed by atoms with Gasteiger partial charge in [0.05, 0.1) is 5.69 Å². The molecule has 2 heterocycles. The van der Waals surface area contributed by atoms with E-state index < -0.39 is 0 Å². The molecular formula is C20H26N4O. The van der Waals surface area contributed by atoms with Gasteiger partial charge in [0.1, 0.15) is 6.33 Å². The molecule has 2 unspecified atom stereocenters. The van der Waals surface area contributed by atoms with E-state index >= 15 is 0 Å². The molecule has 2 bridgehead atoms. The fourth-order valence-corrected chi connectivity index (χ4v) is 5.12. The molecule has 2 aliphatic rings. The van der Waals surface area contributed by atoms with Gasteiger partial charge in [-0.1, -0.05) is 39.0 Å². The second kappa shape index (κ2) is 5.41. The third kappa shape index (κ3) is 2.86. The van der Waals surface area contributed by atoms with Gasteiger partial charge in [-0.2, -0.15) is 0 Å². The molecule has 1 amide bonds. The SMILES string of the molecule is Cc1ccccc1-n1cnc(C(=O)N2CC3(C)CC2CC(C)(C)C3)n1. The molecule has 2 atom stereocenters. The summed E-state index contributed by atoms with van der Waals surface area (Å²) >= 11 is 0. The number of amides is 1. The number of hydrogen-bond donors (Lipinski definition) is 0. The molecule has 1 aromatic carbocycles. The number of nitrogens with zero attached hydrogens (tertiary/aromatic N) is 4. The summed E-state index contributed by atoms with van der Waals surface area (Å²) in [6, 6.07) is 8.30. The first kappa shape index (κ1) is 16.3. The molecule has 5 nitrogen and oxygen atoms in total. The molecule has 4 rings (SSSR count). The molecule has 5 heteroatoms. The fourth-order valence-electron chi connectivity index (χ4n) is 5.12. The Bertz CT molecular complexity index is 825. The highest BCUT2D eigenvalue weighted by molar-refractivity contribution is 5.91. The Hall–Kier alpha value is -2.17. The van der Waals surface area contributed by atoms with Crippen LogP contribution in [-0.4, -0.2) is 38.2 Å². The van der Waals surface area contributed by atoms with Gasteiger partial charge in [-0.25, -0.2) is 9.67 Å². The van der Waals surface area contributed by atoms with E-state index in [9.17, 15) is 4.79 Å². The molecule has 132 valence electrons. The van der Waals surface area contributed by atoms with Crippen molar-refractivity contribution in [1.29, 1.82) is 0 Å². The largest absolute Gasteiger partial charge is 0.332 e. The van der Waals surface area contributed by atoms with Gasteiger partial charge in [-0.15, -0.1) is 5.10 Å². The quantitative estimate of drug-likeness (QED) is 0.840. The number of rotatable bonds is 2. The van der Waals surface area contributed by atoms with Crippen molar-refractivity contribution in [3.05, 3.63) is 42.0 Å². The van der Waals surface area contributed by atoms with Crippen molar-refractivity contribution < 1.29 is 4.79 Å². The number of aromatic nitrogens is 3. The van der Waals surface area contributed by atoms with Crippen LogP contribution in [0.2, 0.25) is 0 Å². The van der Waals surface area contributed by atoms with Crippen molar-refractivity contribution in [2.24, 2.45) is 10.8 Å². The van der Waals surface area contributed by atoms with E-state index in [-0.39, 0.29) is 11.3 Å². The van der Waals surface area contributed by atoms with Crippen LogP contribution in [0.3, 0.4) is 0 Å². The number of fused-ring (bicyclic) bond motifs is 2. The monoisotopic (exact) mass is 338 g/mol. The summed E-state index contributed by atoms with van der Waals surface area (Å²) in [4.78, 5) is 19.4. The van der Waals surface area contributed by atoms with Crippen LogP contribution < -0.4 is 0 Å². The van der Waals surface area contributed by atoms with Gasteiger partial charge in [0.15, 0.2) is 0 Å². The van der Waals surface area contributed by atoms with E-state index in [2.05, 4.69) is 30.9 Å². The number of carbonyl (C=O) groups excluding carboxylic acids is 1. The Labute approximate surface area is 149 Å². The first-order chi connectivity index (χ1) is 11.8. The number of para-hydroxylation sites is 1. The van der Waals surface area contributed by atoms with Crippen LogP contribution in [-0.2, 0) is 0 Å². The smallest absolute Gasteiger partial charge is 0.293 e. The number of aryl methyl sites for hydroxylation is 1. The normalized spacial score (nSPS) is 27.5. The highest BCUT2D eigenvalue weighted by Gasteiger charge is 2.51. The van der Waals surface area contributed by atoms with Crippen molar-refractivity contribution >= 4 is 5.91 Å². The molecule has 1 aliphatic heterocycles. The maximum atomic E-state index is 13.1. The fraction of sp³-hybridized carbons (Fsp3) is 0.550. The van der Waals surface area contributed by atoms with Crippen molar-refractivity contribution in [2.45, 2.75) is 53.0 Å². The molecular weight excluding hydrogens is 312 g/mol. The molecule has 25 heavy (non-hydrogen) atoms. The first-order valence-corrected chi connectivity index (χ1v) is 9.05. The molecule has 1 saturated carbocycles. The van der Waals surface area contributed by atoms with Crippen molar-refractivity contribution in [2.75, 3.05) is 6.54 Å². The topological polar surface area (TPSA) is 51.0 Å². The number of benzene rings is 1. The Kier molecular flexibility index (Phi) is 3.53. The molecule has 1 saturated heterocycles. The minimum atomic E-state index is -0.0289. The third-order valence-corrected chi connectivity index (χ3v) is 5.72. The van der Waals surface area contributed by atoms with Crippen LogP contribution in [0.4, 0.5) is 0 Å². The van der Waals surface area contributed by atoms with Crippen molar-refractivity contribution in [3.63, 3.8) is 0 Å². The lowest BCUT2D eigenvalue weighted by Crippen LogP contribution is -2.38. The number of hydrogen-bond acceptors (Lipinski definition) is 3. The predicted molar refractivity (Wildman–Crippen MR) is 96.7 cm³/mol. The third-order valence-electron chi connectivity index (χ3n) is 5.72. The zero-order valence-corrected chi connectivity index (χ0v) is 15.5. The first-order valence-electron chi connectivity index (χ1n) is 9.05. The van der Waals surface area contributed by atoms with Crippen LogP contribution in [0, 0.1) is 17.8 Å². The van der Waals surface area contributed by atoms with E-state index in [4.69, 9.17) is 0 Å². The van der Waals surface area contributed by atoms with Gasteiger partial charge in [-0.05, 0) is 48.6 Å². The van der Waals surface area contributed by atoms with Crippen LogP contribution >= 0.6 is 0 Å². The summed E-state index contributed by atoms with van der Waals surface area (Å²) in [5.74, 6) is 0.274. The van der Waals surface area contributed by atoms with Gasteiger partial charge in [-0.3, -0.25) is 4.79 Å². The lowest BCUT2D eigenvalue weighted by molar-refractivity contribution is 0.0696. The lowest BCUT2D eigenvalue weighted by Gasteiger charge is -2.39. The Balaban J connectivity index is 1.60. The van der Waals surface area contributed by atoms with E-state index in [1.165, 1.54) is 6.42 Å². The zero-order valence-electron chi connectivity index (χ0n) is 15.5. The summed E-state index contributed by atoms with van der Waals surface area (Å²) in [5, 5.41) is 4.47. The minimum Gasteiger partial charge on any atom is -0.332 e. The van der Waals surface area contributed by atoms with Crippen LogP contribution in [0.15, 0.2) is 30.6 Å². The maximum Gasteiger partial charge on any atom is 0.293 e. The summed E-state index contributed by atoms with van der Waals surface area (Å²) < 4.78 is 1.70. The van der Waals surface area contributed by atoms with Crippen molar-refractivity contribution in [3.8, 4) is 5.69 Å². The van der Waals surface area contributed by atoms with Crippen LogP contribution in [0.25, 0.3) is 5.69 Å². The van der Waals surface area contributed by atoms with Gasteiger partial charge in [0, 0.05) is 12.6 Å². The Morgan fingerprint density at radius 1 is 1.20 bits per heavy atom. The highest BCUT2D eigenvalue weighted by atomic mass is 16.2. The maximum absolute atomic E-state index is 13.1. The Morgan fingerprint density at radius 3 is 2.72 bits per heavy atom. The summed E-state index contributed by atoms with van der Waals surface area (Å²) in [7, 11) is 0. The molecule has 0 spiro atoms. The predicted octanol–water partition coefficient (Wildman–Crippen LogP) is 3.62. The van der Waals surface area contributed by atoms with Gasteiger partial charge in [0.2, 0.25) is 5.82 Å². The molecule has 0 radical (unpaired) electrons. The number of likely N-dealkylation sites (tertiary alicyclic amines) is 1. The molecule has 1 aromatic heterocycles. The van der Waals surface area contributed by atoms with E-state index in [1.54, 1.807) is 11.0 Å². The summed E-state index contributed by atoms with van der Waals surface area (Å²) in [6.07, 6.45) is 4.97. The average molecular weight is 338 g/mol. The van der Waals surface area contributed by atoms with Crippen LogP contribution in [0.1, 0.15) is 56.2 Å². The Morgan fingerprint density at radius 2 is 1.96 bits per heavy atom. The van der Waals surface area contributed by atoms with Gasteiger partial charge < -0.3 is 4.90 Å². The van der Waals surface area contributed by atoms with Gasteiger partial charge in [0.25, 0.3) is 5.91 Å². The lowest BCUT2D eigenvalue weighted by atomic mass is 9.65. The molecule has 2 aromatic rings. The molecule has 0 N–H and O–H groups in total. The average Bonchev–Trinajstić information content (AvgIpc) is 3.09. The number of carbonyl (C=O) groups is 1. The minimum absolute atomic E-state index is 0.0289. The summed E-state index contributed by atoms with van der Waals surface area (Å²) in [6.45, 7) is 9.80. The van der Waals surface area contributed by atoms with Gasteiger partial charge >= 0.3 is 0 Å². The second-order valence-corrected chi connectivity index (χ2v) is 8.95. The highest BCUT2D eigenvalue weighted by Crippen LogP contribution is 2.52. The zero-order chi connectivity index (χ0) is 17.8. The molecule has 1 aliphatic carbocycles. The summed E-state index contributed by atoms with van der Waals surface area (Å²) in [5.41, 5.74) is 2.58. The standard InChI is InChI=1S/C20H26N4O/c1-14-7-5-6-8-16(14)24-13-21-17(22-24)18(25)23-12-20(4)10-15(23)9-19(2,3)11-20/h5-8,13,15H,9-12H2,1-4H3.